The van der Waals surface area contributed by atoms with E-state index in [2.05, 4.69) is 5.32 Å². The Kier molecular flexibility index (Phi) is 7.98. The number of ether oxygens (including phenoxy) is 2. The maximum absolute atomic E-state index is 13.1. The lowest BCUT2D eigenvalue weighted by Crippen LogP contribution is -2.29. The van der Waals surface area contributed by atoms with Crippen LogP contribution in [0.25, 0.3) is 0 Å². The predicted octanol–water partition coefficient (Wildman–Crippen LogP) is 2.66. The van der Waals surface area contributed by atoms with Gasteiger partial charge in [0.05, 0.1) is 18.2 Å². The van der Waals surface area contributed by atoms with Crippen LogP contribution in [0.2, 0.25) is 5.02 Å². The van der Waals surface area contributed by atoms with Gasteiger partial charge in [-0.2, -0.15) is 0 Å². The van der Waals surface area contributed by atoms with E-state index in [0.717, 1.165) is 18.4 Å². The first-order chi connectivity index (χ1) is 9.17. The molecular formula is C14H21ClFNO2. The Morgan fingerprint density at radius 3 is 2.74 bits per heavy atom. The first-order valence-corrected chi connectivity index (χ1v) is 6.73. The molecule has 0 saturated carbocycles. The minimum absolute atomic E-state index is 0.170. The molecule has 108 valence electrons. The van der Waals surface area contributed by atoms with Crippen LogP contribution in [0.4, 0.5) is 4.39 Å². The van der Waals surface area contributed by atoms with Crippen LogP contribution in [0.1, 0.15) is 12.0 Å². The van der Waals surface area contributed by atoms with Gasteiger partial charge in [-0.1, -0.05) is 17.7 Å². The molecule has 0 amide bonds. The molecule has 0 aromatic heterocycles. The summed E-state index contributed by atoms with van der Waals surface area (Å²) in [6, 6.07) is 5.12. The molecule has 0 saturated heterocycles. The second-order valence-electron chi connectivity index (χ2n) is 4.33. The molecule has 1 aromatic rings. The Morgan fingerprint density at radius 1 is 1.32 bits per heavy atom. The monoisotopic (exact) mass is 289 g/mol. The lowest BCUT2D eigenvalue weighted by atomic mass is 10.0. The summed E-state index contributed by atoms with van der Waals surface area (Å²) in [7, 11) is 3.56. The predicted molar refractivity (Wildman–Crippen MR) is 75.3 cm³/mol. The van der Waals surface area contributed by atoms with Gasteiger partial charge in [-0.15, -0.1) is 0 Å². The van der Waals surface area contributed by atoms with Crippen LogP contribution in [-0.4, -0.2) is 40.0 Å². The van der Waals surface area contributed by atoms with Gasteiger partial charge in [-0.05, 0) is 37.6 Å². The summed E-state index contributed by atoms with van der Waals surface area (Å²) >= 11 is 5.77. The molecule has 0 bridgehead atoms. The highest BCUT2D eigenvalue weighted by Gasteiger charge is 2.09. The van der Waals surface area contributed by atoms with Gasteiger partial charge in [0.1, 0.15) is 5.82 Å². The summed E-state index contributed by atoms with van der Waals surface area (Å²) in [5, 5.41) is 3.40. The van der Waals surface area contributed by atoms with Gasteiger partial charge < -0.3 is 14.8 Å². The summed E-state index contributed by atoms with van der Waals surface area (Å²) < 4.78 is 23.4. The molecule has 1 N–H and O–H groups in total. The zero-order valence-corrected chi connectivity index (χ0v) is 12.2. The molecule has 0 aliphatic carbocycles. The second-order valence-corrected chi connectivity index (χ2v) is 4.74. The molecule has 0 aliphatic rings. The maximum Gasteiger partial charge on any atom is 0.141 e. The summed E-state index contributed by atoms with van der Waals surface area (Å²) in [5.41, 5.74) is 1.02. The van der Waals surface area contributed by atoms with Crippen molar-refractivity contribution in [1.82, 2.24) is 5.32 Å². The lowest BCUT2D eigenvalue weighted by molar-refractivity contribution is 0.0661. The Morgan fingerprint density at radius 2 is 2.11 bits per heavy atom. The van der Waals surface area contributed by atoms with Crippen molar-refractivity contribution in [1.29, 1.82) is 0 Å². The number of benzene rings is 1. The van der Waals surface area contributed by atoms with Crippen molar-refractivity contribution in [3.63, 3.8) is 0 Å². The van der Waals surface area contributed by atoms with Crippen LogP contribution in [0.5, 0.6) is 0 Å². The minimum Gasteiger partial charge on any atom is -0.382 e. The van der Waals surface area contributed by atoms with Crippen LogP contribution in [0.3, 0.4) is 0 Å². The van der Waals surface area contributed by atoms with Crippen molar-refractivity contribution in [2.45, 2.75) is 18.9 Å². The first-order valence-electron chi connectivity index (χ1n) is 6.35. The van der Waals surface area contributed by atoms with Crippen molar-refractivity contribution >= 4 is 11.6 Å². The summed E-state index contributed by atoms with van der Waals surface area (Å²) in [6.07, 6.45) is 1.68. The largest absolute Gasteiger partial charge is 0.382 e. The van der Waals surface area contributed by atoms with E-state index >= 15 is 0 Å². The number of rotatable bonds is 9. The van der Waals surface area contributed by atoms with Crippen LogP contribution in [-0.2, 0) is 15.9 Å². The Labute approximate surface area is 119 Å². The molecule has 1 unspecified atom stereocenters. The fraction of sp³-hybridized carbons (Fsp3) is 0.571. The van der Waals surface area contributed by atoms with E-state index in [-0.39, 0.29) is 16.9 Å². The number of hydrogen-bond acceptors (Lipinski definition) is 3. The molecule has 0 aliphatic heterocycles. The third-order valence-electron chi connectivity index (χ3n) is 2.92. The van der Waals surface area contributed by atoms with Crippen molar-refractivity contribution < 1.29 is 13.9 Å². The maximum atomic E-state index is 13.1. The van der Waals surface area contributed by atoms with Gasteiger partial charge in [-0.25, -0.2) is 4.39 Å². The first kappa shape index (κ1) is 16.4. The van der Waals surface area contributed by atoms with Crippen LogP contribution in [0, 0.1) is 5.82 Å². The van der Waals surface area contributed by atoms with Gasteiger partial charge in [0.2, 0.25) is 0 Å². The third-order valence-corrected chi connectivity index (χ3v) is 3.21. The molecule has 5 heteroatoms. The zero-order chi connectivity index (χ0) is 14.1. The lowest BCUT2D eigenvalue weighted by Gasteiger charge is -2.16. The quantitative estimate of drug-likeness (QED) is 0.709. The van der Waals surface area contributed by atoms with E-state index in [1.165, 1.54) is 6.07 Å². The van der Waals surface area contributed by atoms with Gasteiger partial charge in [0.15, 0.2) is 0 Å². The molecule has 1 atom stereocenters. The third kappa shape index (κ3) is 6.34. The zero-order valence-electron chi connectivity index (χ0n) is 11.4. The number of hydrogen-bond donors (Lipinski definition) is 1. The number of nitrogens with one attached hydrogen (secondary N) is 1. The molecule has 3 nitrogen and oxygen atoms in total. The van der Waals surface area contributed by atoms with Crippen molar-refractivity contribution in [3.8, 4) is 0 Å². The smallest absolute Gasteiger partial charge is 0.141 e. The Hall–Kier alpha value is -0.680. The van der Waals surface area contributed by atoms with Crippen molar-refractivity contribution in [2.75, 3.05) is 34.0 Å². The summed E-state index contributed by atoms with van der Waals surface area (Å²) in [6.45, 7) is 1.89. The Bertz CT molecular complexity index is 376. The normalized spacial score (nSPS) is 12.6. The topological polar surface area (TPSA) is 30.5 Å². The van der Waals surface area contributed by atoms with Crippen molar-refractivity contribution in [2.24, 2.45) is 0 Å². The molecule has 1 aromatic carbocycles. The second kappa shape index (κ2) is 9.26. The Balaban J connectivity index is 2.36. The highest BCUT2D eigenvalue weighted by molar-refractivity contribution is 6.30. The van der Waals surface area contributed by atoms with Gasteiger partial charge in [0.25, 0.3) is 0 Å². The van der Waals surface area contributed by atoms with E-state index in [4.69, 9.17) is 21.1 Å². The number of likely N-dealkylation sites (N-methyl/N-ethyl adjacent to an activating group) is 1. The number of halogens is 2. The highest BCUT2D eigenvalue weighted by Crippen LogP contribution is 2.17. The van der Waals surface area contributed by atoms with Gasteiger partial charge in [-0.3, -0.25) is 0 Å². The van der Waals surface area contributed by atoms with E-state index in [9.17, 15) is 4.39 Å². The van der Waals surface area contributed by atoms with E-state index in [0.29, 0.717) is 19.8 Å². The molecule has 19 heavy (non-hydrogen) atoms. The van der Waals surface area contributed by atoms with Crippen LogP contribution in [0.15, 0.2) is 18.2 Å². The standard InChI is InChI=1S/C14H21ClFNO2/c1-17-12(5-6-19-8-7-18-2)9-11-3-4-14(16)13(15)10-11/h3-4,10,12,17H,5-9H2,1-2H3. The van der Waals surface area contributed by atoms with Crippen LogP contribution >= 0.6 is 11.6 Å². The fourth-order valence-electron chi connectivity index (χ4n) is 1.77. The minimum atomic E-state index is -0.380. The van der Waals surface area contributed by atoms with Gasteiger partial charge >= 0.3 is 0 Å². The highest BCUT2D eigenvalue weighted by atomic mass is 35.5. The van der Waals surface area contributed by atoms with Crippen LogP contribution < -0.4 is 5.32 Å². The average molecular weight is 290 g/mol. The molecular weight excluding hydrogens is 269 g/mol. The molecule has 0 spiro atoms. The molecule has 1 rings (SSSR count). The van der Waals surface area contributed by atoms with Crippen molar-refractivity contribution in [3.05, 3.63) is 34.6 Å². The van der Waals surface area contributed by atoms with E-state index < -0.39 is 0 Å². The molecule has 0 fully saturated rings. The molecule has 0 radical (unpaired) electrons. The van der Waals surface area contributed by atoms with Gasteiger partial charge in [0, 0.05) is 19.8 Å². The van der Waals surface area contributed by atoms with E-state index in [1.54, 1.807) is 19.2 Å². The summed E-state index contributed by atoms with van der Waals surface area (Å²) in [4.78, 5) is 0. The molecule has 0 heterocycles. The summed E-state index contributed by atoms with van der Waals surface area (Å²) in [5.74, 6) is -0.380. The SMILES string of the molecule is CNC(CCOCCOC)Cc1ccc(F)c(Cl)c1. The average Bonchev–Trinajstić information content (AvgIpc) is 2.41. The number of methoxy groups -OCH3 is 1. The fourth-order valence-corrected chi connectivity index (χ4v) is 1.97. The van der Waals surface area contributed by atoms with E-state index in [1.807, 2.05) is 7.05 Å².